The highest BCUT2D eigenvalue weighted by Crippen LogP contribution is 2.41. The zero-order chi connectivity index (χ0) is 18.9. The highest BCUT2D eigenvalue weighted by atomic mass is 16.3. The summed E-state index contributed by atoms with van der Waals surface area (Å²) in [6.45, 7) is 0. The molecule has 2 nitrogen and oxygen atoms in total. The largest absolute Gasteiger partial charge is 0.506 e. The maximum Gasteiger partial charge on any atom is 0.139 e. The van der Waals surface area contributed by atoms with Crippen LogP contribution in [0, 0.1) is 0 Å². The summed E-state index contributed by atoms with van der Waals surface area (Å²) in [5, 5.41) is 18.5. The molecule has 5 aromatic rings. The third kappa shape index (κ3) is 2.76. The first-order valence-corrected chi connectivity index (χ1v) is 9.36. The van der Waals surface area contributed by atoms with Crippen molar-refractivity contribution in [3.8, 4) is 16.9 Å². The van der Waals surface area contributed by atoms with E-state index in [4.69, 9.17) is 0 Å². The minimum Gasteiger partial charge on any atom is -0.506 e. The van der Waals surface area contributed by atoms with Crippen molar-refractivity contribution in [1.82, 2.24) is 0 Å². The van der Waals surface area contributed by atoms with E-state index >= 15 is 0 Å². The van der Waals surface area contributed by atoms with Gasteiger partial charge in [-0.05, 0) is 45.3 Å². The SMILES string of the molecule is Oc1ccccc1Nc1ccc2ccccc2c1-c1cccc2ccccc12. The van der Waals surface area contributed by atoms with Crippen LogP contribution in [0.2, 0.25) is 0 Å². The minimum atomic E-state index is 0.236. The van der Waals surface area contributed by atoms with Crippen LogP contribution in [0.1, 0.15) is 0 Å². The predicted molar refractivity (Wildman–Crippen MR) is 118 cm³/mol. The Labute approximate surface area is 163 Å². The van der Waals surface area contributed by atoms with Gasteiger partial charge in [0, 0.05) is 11.3 Å². The van der Waals surface area contributed by atoms with Gasteiger partial charge in [0.25, 0.3) is 0 Å². The Hall–Kier alpha value is -3.78. The predicted octanol–water partition coefficient (Wildman–Crippen LogP) is 7.11. The first-order valence-electron chi connectivity index (χ1n) is 9.36. The monoisotopic (exact) mass is 361 g/mol. The van der Waals surface area contributed by atoms with Crippen LogP contribution >= 0.6 is 0 Å². The number of phenols is 1. The molecule has 0 unspecified atom stereocenters. The lowest BCUT2D eigenvalue weighted by Gasteiger charge is -2.17. The van der Waals surface area contributed by atoms with E-state index in [2.05, 4.69) is 84.2 Å². The van der Waals surface area contributed by atoms with Crippen molar-refractivity contribution in [3.05, 3.63) is 103 Å². The zero-order valence-corrected chi connectivity index (χ0v) is 15.3. The quantitative estimate of drug-likeness (QED) is 0.336. The molecule has 0 bridgehead atoms. The lowest BCUT2D eigenvalue weighted by Crippen LogP contribution is -1.95. The van der Waals surface area contributed by atoms with Crippen LogP contribution in [-0.2, 0) is 0 Å². The third-order valence-corrected chi connectivity index (χ3v) is 5.16. The fourth-order valence-corrected chi connectivity index (χ4v) is 3.83. The van der Waals surface area contributed by atoms with Crippen LogP contribution in [0.5, 0.6) is 5.75 Å². The van der Waals surface area contributed by atoms with E-state index in [1.165, 1.54) is 27.1 Å². The van der Waals surface area contributed by atoms with Crippen LogP contribution < -0.4 is 5.32 Å². The standard InChI is InChI=1S/C26H19NO/c28-25-15-6-5-14-23(25)27-24-17-16-19-9-2-4-12-21(19)26(24)22-13-7-10-18-8-1-3-11-20(18)22/h1-17,27-28H. The average molecular weight is 361 g/mol. The molecule has 2 N–H and O–H groups in total. The first kappa shape index (κ1) is 16.4. The van der Waals surface area contributed by atoms with Crippen LogP contribution in [0.4, 0.5) is 11.4 Å². The summed E-state index contributed by atoms with van der Waals surface area (Å²) in [5.74, 6) is 0.236. The maximum absolute atomic E-state index is 10.3. The molecule has 2 heteroatoms. The van der Waals surface area contributed by atoms with Crippen molar-refractivity contribution < 1.29 is 5.11 Å². The minimum absolute atomic E-state index is 0.236. The van der Waals surface area contributed by atoms with Gasteiger partial charge in [-0.1, -0.05) is 84.9 Å². The maximum atomic E-state index is 10.3. The molecule has 0 saturated carbocycles. The van der Waals surface area contributed by atoms with E-state index in [-0.39, 0.29) is 5.75 Å². The molecule has 0 amide bonds. The fraction of sp³-hybridized carbons (Fsp3) is 0. The van der Waals surface area contributed by atoms with Gasteiger partial charge < -0.3 is 10.4 Å². The van der Waals surface area contributed by atoms with Crippen molar-refractivity contribution in [2.45, 2.75) is 0 Å². The molecule has 0 spiro atoms. The van der Waals surface area contributed by atoms with Crippen molar-refractivity contribution in [1.29, 1.82) is 0 Å². The van der Waals surface area contributed by atoms with Gasteiger partial charge in [0.1, 0.15) is 5.75 Å². The molecule has 134 valence electrons. The number of hydrogen-bond acceptors (Lipinski definition) is 2. The molecule has 0 fully saturated rings. The molecule has 0 radical (unpaired) electrons. The second-order valence-electron chi connectivity index (χ2n) is 6.88. The number of rotatable bonds is 3. The molecule has 0 saturated heterocycles. The summed E-state index contributed by atoms with van der Waals surface area (Å²) in [5.41, 5.74) is 3.97. The van der Waals surface area contributed by atoms with E-state index in [0.717, 1.165) is 11.3 Å². The fourth-order valence-electron chi connectivity index (χ4n) is 3.83. The van der Waals surface area contributed by atoms with Gasteiger partial charge in [-0.3, -0.25) is 0 Å². The topological polar surface area (TPSA) is 32.3 Å². The van der Waals surface area contributed by atoms with Crippen LogP contribution in [0.15, 0.2) is 103 Å². The number of anilines is 2. The Bertz CT molecular complexity index is 1300. The molecule has 5 aromatic carbocycles. The van der Waals surface area contributed by atoms with Gasteiger partial charge in [0.15, 0.2) is 0 Å². The lowest BCUT2D eigenvalue weighted by molar-refractivity contribution is 0.478. The van der Waals surface area contributed by atoms with Gasteiger partial charge in [-0.15, -0.1) is 0 Å². The number of benzene rings is 5. The smallest absolute Gasteiger partial charge is 0.139 e. The van der Waals surface area contributed by atoms with Gasteiger partial charge in [0.2, 0.25) is 0 Å². The summed E-state index contributed by atoms with van der Waals surface area (Å²) in [4.78, 5) is 0. The average Bonchev–Trinajstić information content (AvgIpc) is 2.75. The van der Waals surface area contributed by atoms with Crippen molar-refractivity contribution in [2.75, 3.05) is 5.32 Å². The van der Waals surface area contributed by atoms with E-state index < -0.39 is 0 Å². The zero-order valence-electron chi connectivity index (χ0n) is 15.3. The Kier molecular flexibility index (Phi) is 3.95. The molecule has 5 rings (SSSR count). The molecule has 0 heterocycles. The first-order chi connectivity index (χ1) is 13.8. The Balaban J connectivity index is 1.82. The number of nitrogens with one attached hydrogen (secondary N) is 1. The summed E-state index contributed by atoms with van der Waals surface area (Å²) >= 11 is 0. The second kappa shape index (κ2) is 6.75. The molecule has 0 aliphatic rings. The number of fused-ring (bicyclic) bond motifs is 2. The summed E-state index contributed by atoms with van der Waals surface area (Å²) in [6, 6.07) is 34.8. The summed E-state index contributed by atoms with van der Waals surface area (Å²) < 4.78 is 0. The molecular formula is C26H19NO. The van der Waals surface area contributed by atoms with E-state index in [1.807, 2.05) is 18.2 Å². The van der Waals surface area contributed by atoms with Gasteiger partial charge >= 0.3 is 0 Å². The number of hydrogen-bond donors (Lipinski definition) is 2. The number of phenolic OH excluding ortho intramolecular Hbond substituents is 1. The van der Waals surface area contributed by atoms with Crippen molar-refractivity contribution >= 4 is 32.9 Å². The normalized spacial score (nSPS) is 11.0. The van der Waals surface area contributed by atoms with Crippen LogP contribution in [0.3, 0.4) is 0 Å². The highest BCUT2D eigenvalue weighted by Gasteiger charge is 2.14. The number of para-hydroxylation sites is 2. The summed E-state index contributed by atoms with van der Waals surface area (Å²) in [6.07, 6.45) is 0. The molecule has 0 aromatic heterocycles. The van der Waals surface area contributed by atoms with Crippen molar-refractivity contribution in [3.63, 3.8) is 0 Å². The second-order valence-corrected chi connectivity index (χ2v) is 6.88. The highest BCUT2D eigenvalue weighted by molar-refractivity contribution is 6.10. The molecular weight excluding hydrogens is 342 g/mol. The molecule has 0 aliphatic heterocycles. The van der Waals surface area contributed by atoms with Crippen LogP contribution in [0.25, 0.3) is 32.7 Å². The van der Waals surface area contributed by atoms with Crippen LogP contribution in [-0.4, -0.2) is 5.11 Å². The number of aromatic hydroxyl groups is 1. The summed E-state index contributed by atoms with van der Waals surface area (Å²) in [7, 11) is 0. The Morgan fingerprint density at radius 3 is 1.96 bits per heavy atom. The van der Waals surface area contributed by atoms with E-state index in [9.17, 15) is 5.11 Å². The Morgan fingerprint density at radius 2 is 1.14 bits per heavy atom. The molecule has 0 atom stereocenters. The lowest BCUT2D eigenvalue weighted by atomic mass is 9.92. The molecule has 28 heavy (non-hydrogen) atoms. The molecule has 0 aliphatic carbocycles. The third-order valence-electron chi connectivity index (χ3n) is 5.16. The van der Waals surface area contributed by atoms with Crippen molar-refractivity contribution in [2.24, 2.45) is 0 Å². The van der Waals surface area contributed by atoms with E-state index in [1.54, 1.807) is 6.07 Å². The van der Waals surface area contributed by atoms with Gasteiger partial charge in [-0.25, -0.2) is 0 Å². The van der Waals surface area contributed by atoms with Gasteiger partial charge in [0.05, 0.1) is 5.69 Å². The Morgan fingerprint density at radius 1 is 0.500 bits per heavy atom. The van der Waals surface area contributed by atoms with E-state index in [0.29, 0.717) is 5.69 Å². The van der Waals surface area contributed by atoms with Gasteiger partial charge in [-0.2, -0.15) is 0 Å².